The average Bonchev–Trinajstić information content (AvgIpc) is 3.20. The average molecular weight is 426 g/mol. The van der Waals surface area contributed by atoms with Gasteiger partial charge in [-0.05, 0) is 55.0 Å². The van der Waals surface area contributed by atoms with E-state index in [-0.39, 0.29) is 36.4 Å². The lowest BCUT2D eigenvalue weighted by molar-refractivity contribution is -0.132. The number of carbonyl (C=O) groups excluding carboxylic acids is 2. The first-order chi connectivity index (χ1) is 15.1. The highest BCUT2D eigenvalue weighted by Crippen LogP contribution is 2.37. The van der Waals surface area contributed by atoms with Gasteiger partial charge in [-0.25, -0.2) is 9.18 Å². The largest absolute Gasteiger partial charge is 0.484 e. The molecule has 6 nitrogen and oxygen atoms in total. The summed E-state index contributed by atoms with van der Waals surface area (Å²) in [6.45, 7) is 1.04. The molecule has 164 valence electrons. The third-order valence-corrected chi connectivity index (χ3v) is 6.12. The van der Waals surface area contributed by atoms with Gasteiger partial charge in [0.05, 0.1) is 6.04 Å². The number of ether oxygens (including phenoxy) is 1. The number of nitrogens with one attached hydrogen (secondary N) is 2. The van der Waals surface area contributed by atoms with E-state index in [4.69, 9.17) is 4.74 Å². The molecule has 3 amide bonds. The molecule has 1 saturated carbocycles. The van der Waals surface area contributed by atoms with Crippen LogP contribution in [0.4, 0.5) is 9.18 Å². The van der Waals surface area contributed by atoms with Gasteiger partial charge in [0, 0.05) is 19.1 Å². The Hall–Kier alpha value is -3.09. The summed E-state index contributed by atoms with van der Waals surface area (Å²) in [7, 11) is 0. The molecule has 1 aliphatic carbocycles. The number of hydrogen-bond donors (Lipinski definition) is 2. The summed E-state index contributed by atoms with van der Waals surface area (Å²) in [5, 5.41) is 6.07. The molecule has 2 fully saturated rings. The van der Waals surface area contributed by atoms with Crippen LogP contribution in [0, 0.1) is 11.7 Å². The van der Waals surface area contributed by atoms with Gasteiger partial charge in [-0.2, -0.15) is 0 Å². The third-order valence-electron chi connectivity index (χ3n) is 6.12. The van der Waals surface area contributed by atoms with Gasteiger partial charge in [0.25, 0.3) is 5.91 Å². The summed E-state index contributed by atoms with van der Waals surface area (Å²) in [6.07, 6.45) is 3.95. The fourth-order valence-corrected chi connectivity index (χ4v) is 4.14. The molecule has 0 aromatic heterocycles. The van der Waals surface area contributed by atoms with E-state index in [1.807, 2.05) is 30.3 Å². The van der Waals surface area contributed by atoms with Crippen LogP contribution in [0.5, 0.6) is 5.75 Å². The Bertz CT molecular complexity index is 887. The van der Waals surface area contributed by atoms with Gasteiger partial charge in [-0.1, -0.05) is 36.8 Å². The highest BCUT2D eigenvalue weighted by molar-refractivity contribution is 5.79. The molecule has 0 bridgehead atoms. The van der Waals surface area contributed by atoms with Crippen LogP contribution in [0.1, 0.15) is 37.3 Å². The number of rotatable bonds is 7. The molecule has 1 saturated heterocycles. The maximum absolute atomic E-state index is 13.3. The van der Waals surface area contributed by atoms with Crippen molar-refractivity contribution in [2.24, 2.45) is 5.92 Å². The zero-order valence-electron chi connectivity index (χ0n) is 17.4. The molecule has 0 radical (unpaired) electrons. The molecule has 2 aromatic carbocycles. The molecule has 2 unspecified atom stereocenters. The smallest absolute Gasteiger partial charge is 0.315 e. The van der Waals surface area contributed by atoms with Crippen molar-refractivity contribution in [3.8, 4) is 5.75 Å². The Morgan fingerprint density at radius 2 is 1.81 bits per heavy atom. The first-order valence-corrected chi connectivity index (χ1v) is 10.9. The van der Waals surface area contributed by atoms with Crippen molar-refractivity contribution in [1.82, 2.24) is 15.5 Å². The lowest BCUT2D eigenvalue weighted by atomic mass is 9.77. The maximum atomic E-state index is 13.3. The van der Waals surface area contributed by atoms with Crippen molar-refractivity contribution in [2.45, 2.75) is 37.8 Å². The molecule has 2 atom stereocenters. The van der Waals surface area contributed by atoms with Crippen LogP contribution >= 0.6 is 0 Å². The Labute approximate surface area is 181 Å². The van der Waals surface area contributed by atoms with Crippen molar-refractivity contribution in [1.29, 1.82) is 0 Å². The topological polar surface area (TPSA) is 70.7 Å². The van der Waals surface area contributed by atoms with Crippen LogP contribution < -0.4 is 15.4 Å². The molecule has 31 heavy (non-hydrogen) atoms. The molecule has 1 aliphatic heterocycles. The van der Waals surface area contributed by atoms with Crippen LogP contribution in [0.15, 0.2) is 54.6 Å². The highest BCUT2D eigenvalue weighted by atomic mass is 19.1. The Morgan fingerprint density at radius 3 is 2.48 bits per heavy atom. The van der Waals surface area contributed by atoms with E-state index < -0.39 is 0 Å². The van der Waals surface area contributed by atoms with Gasteiger partial charge >= 0.3 is 6.03 Å². The summed E-state index contributed by atoms with van der Waals surface area (Å²) < 4.78 is 18.8. The summed E-state index contributed by atoms with van der Waals surface area (Å²) in [5.74, 6) is 0.652. The lowest BCUT2D eigenvalue weighted by Crippen LogP contribution is -2.47. The van der Waals surface area contributed by atoms with Crippen molar-refractivity contribution in [3.05, 3.63) is 66.0 Å². The van der Waals surface area contributed by atoms with Crippen molar-refractivity contribution in [2.75, 3.05) is 19.7 Å². The van der Waals surface area contributed by atoms with Crippen LogP contribution in [-0.4, -0.2) is 42.6 Å². The standard InChI is InChI=1S/C24H28FN3O3/c25-19-11-9-18(10-12-19)23(17-5-4-6-17)27-24(30)26-20-13-14-28(15-20)22(29)16-31-21-7-2-1-3-8-21/h1-3,7-12,17,20,23H,4-6,13-16H2,(H2,26,27,30). The van der Waals surface area contributed by atoms with Crippen molar-refractivity contribution in [3.63, 3.8) is 0 Å². The van der Waals surface area contributed by atoms with Gasteiger partial charge in [0.1, 0.15) is 11.6 Å². The molecule has 4 rings (SSSR count). The number of urea groups is 1. The number of hydrogen-bond acceptors (Lipinski definition) is 3. The number of amides is 3. The van der Waals surface area contributed by atoms with Gasteiger partial charge in [-0.15, -0.1) is 0 Å². The molecular weight excluding hydrogens is 397 g/mol. The van der Waals surface area contributed by atoms with Crippen molar-refractivity contribution < 1.29 is 18.7 Å². The van der Waals surface area contributed by atoms with Gasteiger partial charge in [0.2, 0.25) is 0 Å². The summed E-state index contributed by atoms with van der Waals surface area (Å²) >= 11 is 0. The monoisotopic (exact) mass is 425 g/mol. The van der Waals surface area contributed by atoms with E-state index in [2.05, 4.69) is 10.6 Å². The SMILES string of the molecule is O=C(NC1CCN(C(=O)COc2ccccc2)C1)NC(c1ccc(F)cc1)C1CCC1. The number of nitrogens with zero attached hydrogens (tertiary/aromatic N) is 1. The van der Waals surface area contributed by atoms with E-state index >= 15 is 0 Å². The fraction of sp³-hybridized carbons (Fsp3) is 0.417. The minimum atomic E-state index is -0.285. The summed E-state index contributed by atoms with van der Waals surface area (Å²) in [4.78, 5) is 26.8. The van der Waals surface area contributed by atoms with E-state index in [9.17, 15) is 14.0 Å². The number of benzene rings is 2. The van der Waals surface area contributed by atoms with E-state index in [1.165, 1.54) is 12.1 Å². The first-order valence-electron chi connectivity index (χ1n) is 10.9. The fourth-order valence-electron chi connectivity index (χ4n) is 4.14. The van der Waals surface area contributed by atoms with Crippen LogP contribution in [-0.2, 0) is 4.79 Å². The first kappa shape index (κ1) is 21.2. The predicted octanol–water partition coefficient (Wildman–Crippen LogP) is 3.65. The van der Waals surface area contributed by atoms with E-state index in [0.29, 0.717) is 31.2 Å². The molecule has 7 heteroatoms. The number of para-hydroxylation sites is 1. The van der Waals surface area contributed by atoms with Crippen LogP contribution in [0.2, 0.25) is 0 Å². The summed E-state index contributed by atoms with van der Waals surface area (Å²) in [5.41, 5.74) is 0.919. The second-order valence-corrected chi connectivity index (χ2v) is 8.27. The number of halogens is 1. The molecule has 2 aliphatic rings. The molecule has 1 heterocycles. The minimum absolute atomic E-state index is 0.0166. The maximum Gasteiger partial charge on any atom is 0.315 e. The van der Waals surface area contributed by atoms with Gasteiger partial charge < -0.3 is 20.3 Å². The highest BCUT2D eigenvalue weighted by Gasteiger charge is 2.32. The summed E-state index contributed by atoms with van der Waals surface area (Å²) in [6, 6.07) is 15.1. The molecule has 2 N–H and O–H groups in total. The lowest BCUT2D eigenvalue weighted by Gasteiger charge is -2.35. The second kappa shape index (κ2) is 9.81. The minimum Gasteiger partial charge on any atom is -0.484 e. The molecular formula is C24H28FN3O3. The number of likely N-dealkylation sites (tertiary alicyclic amines) is 1. The quantitative estimate of drug-likeness (QED) is 0.712. The molecule has 2 aromatic rings. The van der Waals surface area contributed by atoms with E-state index in [1.54, 1.807) is 17.0 Å². The molecule has 0 spiro atoms. The Balaban J connectivity index is 1.26. The Kier molecular flexibility index (Phi) is 6.70. The zero-order valence-corrected chi connectivity index (χ0v) is 17.4. The second-order valence-electron chi connectivity index (χ2n) is 8.27. The third kappa shape index (κ3) is 5.54. The normalized spacial score (nSPS) is 19.4. The van der Waals surface area contributed by atoms with Crippen LogP contribution in [0.3, 0.4) is 0 Å². The predicted molar refractivity (Wildman–Crippen MR) is 115 cm³/mol. The van der Waals surface area contributed by atoms with Crippen LogP contribution in [0.25, 0.3) is 0 Å². The van der Waals surface area contributed by atoms with Gasteiger partial charge in [0.15, 0.2) is 6.61 Å². The zero-order chi connectivity index (χ0) is 21.6. The number of carbonyl (C=O) groups is 2. The Morgan fingerprint density at radius 1 is 1.06 bits per heavy atom. The van der Waals surface area contributed by atoms with Crippen molar-refractivity contribution >= 4 is 11.9 Å². The van der Waals surface area contributed by atoms with E-state index in [0.717, 1.165) is 24.8 Å². The van der Waals surface area contributed by atoms with Gasteiger partial charge in [-0.3, -0.25) is 4.79 Å².